The first kappa shape index (κ1) is 20.2. The molecule has 32 heavy (non-hydrogen) atoms. The molecule has 0 fully saturated rings. The lowest BCUT2D eigenvalue weighted by molar-refractivity contribution is 0.499. The van der Waals surface area contributed by atoms with Gasteiger partial charge in [0, 0.05) is 41.9 Å². The molecule has 7 heteroatoms. The zero-order valence-corrected chi connectivity index (χ0v) is 18.2. The molecule has 0 radical (unpaired) electrons. The number of hydrogen-bond donors (Lipinski definition) is 2. The lowest BCUT2D eigenvalue weighted by atomic mass is 10.0. The number of aryl methyl sites for hydroxylation is 2. The number of aromatic nitrogens is 3. The topological polar surface area (TPSA) is 75.8 Å². The Morgan fingerprint density at radius 1 is 1.12 bits per heavy atom. The third-order valence-electron chi connectivity index (χ3n) is 5.79. The predicted molar refractivity (Wildman–Crippen MR) is 124 cm³/mol. The molecule has 0 saturated carbocycles. The van der Waals surface area contributed by atoms with E-state index in [1.165, 1.54) is 6.20 Å². The van der Waals surface area contributed by atoms with E-state index in [-0.39, 0.29) is 11.7 Å². The summed E-state index contributed by atoms with van der Waals surface area (Å²) in [6.07, 6.45) is 2.64. The highest BCUT2D eigenvalue weighted by atomic mass is 19.1. The molecule has 2 N–H and O–H groups in total. The molecule has 0 bridgehead atoms. The maximum atomic E-state index is 14.8. The van der Waals surface area contributed by atoms with E-state index in [0.717, 1.165) is 39.8 Å². The van der Waals surface area contributed by atoms with Crippen molar-refractivity contribution in [2.24, 2.45) is 7.05 Å². The maximum absolute atomic E-state index is 14.8. The number of nitrogens with zero attached hydrogens (tertiary/aromatic N) is 3. The Kier molecular flexibility index (Phi) is 4.89. The van der Waals surface area contributed by atoms with Crippen molar-refractivity contribution in [3.05, 3.63) is 65.7 Å². The van der Waals surface area contributed by atoms with Crippen molar-refractivity contribution in [2.75, 3.05) is 5.32 Å². The average molecular weight is 429 g/mol. The van der Waals surface area contributed by atoms with Gasteiger partial charge in [0.1, 0.15) is 17.4 Å². The number of fused-ring (bicyclic) bond motifs is 2. The van der Waals surface area contributed by atoms with E-state index in [9.17, 15) is 4.39 Å². The summed E-state index contributed by atoms with van der Waals surface area (Å²) in [6, 6.07) is 13.3. The third kappa shape index (κ3) is 3.60. The second kappa shape index (κ2) is 7.75. The van der Waals surface area contributed by atoms with Crippen LogP contribution in [0.4, 0.5) is 15.9 Å². The fraction of sp³-hybridized carbons (Fsp3) is 0.240. The fourth-order valence-corrected chi connectivity index (χ4v) is 4.31. The van der Waals surface area contributed by atoms with Crippen molar-refractivity contribution in [3.63, 3.8) is 0 Å². The first-order valence-corrected chi connectivity index (χ1v) is 10.7. The number of ether oxygens (including phenoxy) is 1. The summed E-state index contributed by atoms with van der Waals surface area (Å²) in [7, 11) is 1.94. The molecule has 3 heterocycles. The van der Waals surface area contributed by atoms with Gasteiger partial charge < -0.3 is 10.1 Å². The number of halogens is 1. The summed E-state index contributed by atoms with van der Waals surface area (Å²) in [5.41, 5.74) is 5.11. The van der Waals surface area contributed by atoms with Gasteiger partial charge in [-0.05, 0) is 47.7 Å². The minimum absolute atomic E-state index is 0.267. The summed E-state index contributed by atoms with van der Waals surface area (Å²) in [4.78, 5) is 4.21. The first-order valence-electron chi connectivity index (χ1n) is 10.7. The van der Waals surface area contributed by atoms with Gasteiger partial charge in [0.15, 0.2) is 5.90 Å². The molecular weight excluding hydrogens is 405 g/mol. The molecule has 0 amide bonds. The van der Waals surface area contributed by atoms with Crippen LogP contribution in [0.3, 0.4) is 0 Å². The summed E-state index contributed by atoms with van der Waals surface area (Å²) in [6.45, 7) is 4.25. The highest BCUT2D eigenvalue weighted by Gasteiger charge is 2.17. The summed E-state index contributed by atoms with van der Waals surface area (Å²) >= 11 is 0. The van der Waals surface area contributed by atoms with Gasteiger partial charge in [-0.15, -0.1) is 0 Å². The summed E-state index contributed by atoms with van der Waals surface area (Å²) in [5, 5.41) is 16.6. The van der Waals surface area contributed by atoms with Crippen molar-refractivity contribution < 1.29 is 9.13 Å². The van der Waals surface area contributed by atoms with Crippen molar-refractivity contribution in [1.82, 2.24) is 14.8 Å². The van der Waals surface area contributed by atoms with Crippen LogP contribution >= 0.6 is 0 Å². The van der Waals surface area contributed by atoms with Crippen LogP contribution in [0.25, 0.3) is 22.0 Å². The average Bonchev–Trinajstić information content (AvgIpc) is 3.10. The molecule has 0 atom stereocenters. The molecule has 0 unspecified atom stereocenters. The number of nitrogens with one attached hydrogen (secondary N) is 2. The molecule has 2 aromatic carbocycles. The lowest BCUT2D eigenvalue weighted by Crippen LogP contribution is -2.15. The van der Waals surface area contributed by atoms with E-state index in [2.05, 4.69) is 29.2 Å². The lowest BCUT2D eigenvalue weighted by Gasteiger charge is -2.18. The van der Waals surface area contributed by atoms with Crippen molar-refractivity contribution in [3.8, 4) is 16.9 Å². The van der Waals surface area contributed by atoms with E-state index >= 15 is 0 Å². The number of rotatable bonds is 4. The van der Waals surface area contributed by atoms with E-state index in [0.29, 0.717) is 29.5 Å². The van der Waals surface area contributed by atoms with Gasteiger partial charge in [-0.3, -0.25) is 10.1 Å². The number of hydrogen-bond acceptors (Lipinski definition) is 5. The molecule has 0 spiro atoms. The summed E-state index contributed by atoms with van der Waals surface area (Å²) < 4.78 is 22.2. The van der Waals surface area contributed by atoms with E-state index in [1.807, 2.05) is 48.1 Å². The van der Waals surface area contributed by atoms with Crippen LogP contribution in [0, 0.1) is 11.2 Å². The third-order valence-corrected chi connectivity index (χ3v) is 5.79. The highest BCUT2D eigenvalue weighted by Crippen LogP contribution is 2.33. The molecule has 0 aliphatic carbocycles. The molecule has 2 aromatic heterocycles. The van der Waals surface area contributed by atoms with Crippen LogP contribution < -0.4 is 10.1 Å². The van der Waals surface area contributed by atoms with E-state index in [4.69, 9.17) is 10.1 Å². The Morgan fingerprint density at radius 2 is 1.97 bits per heavy atom. The Balaban J connectivity index is 1.50. The highest BCUT2D eigenvalue weighted by molar-refractivity contribution is 5.87. The van der Waals surface area contributed by atoms with Gasteiger partial charge in [0.25, 0.3) is 0 Å². The van der Waals surface area contributed by atoms with Crippen LogP contribution in [0.2, 0.25) is 0 Å². The van der Waals surface area contributed by atoms with Gasteiger partial charge in [0.2, 0.25) is 0 Å². The van der Waals surface area contributed by atoms with Crippen LogP contribution in [0.1, 0.15) is 37.4 Å². The largest absolute Gasteiger partial charge is 0.443 e. The van der Waals surface area contributed by atoms with Gasteiger partial charge in [-0.2, -0.15) is 5.10 Å². The zero-order valence-electron chi connectivity index (χ0n) is 18.2. The molecule has 0 saturated heterocycles. The molecule has 6 nitrogen and oxygen atoms in total. The monoisotopic (exact) mass is 429 g/mol. The van der Waals surface area contributed by atoms with Crippen LogP contribution in [-0.2, 0) is 13.5 Å². The predicted octanol–water partition coefficient (Wildman–Crippen LogP) is 5.94. The fourth-order valence-electron chi connectivity index (χ4n) is 4.31. The van der Waals surface area contributed by atoms with E-state index in [1.54, 1.807) is 6.07 Å². The van der Waals surface area contributed by atoms with E-state index < -0.39 is 0 Å². The second-order valence-electron chi connectivity index (χ2n) is 8.42. The summed E-state index contributed by atoms with van der Waals surface area (Å²) in [5.74, 6) is 1.39. The van der Waals surface area contributed by atoms with Crippen LogP contribution in [0.5, 0.6) is 5.75 Å². The molecular formula is C25H24FN5O. The molecule has 162 valence electrons. The Bertz CT molecular complexity index is 1360. The Hall–Kier alpha value is -3.74. The molecule has 5 rings (SSSR count). The van der Waals surface area contributed by atoms with Gasteiger partial charge >= 0.3 is 0 Å². The minimum atomic E-state index is -0.382. The van der Waals surface area contributed by atoms with Crippen LogP contribution in [0.15, 0.2) is 48.7 Å². The molecule has 1 aliphatic heterocycles. The van der Waals surface area contributed by atoms with Gasteiger partial charge in [-0.25, -0.2) is 9.37 Å². The molecule has 1 aliphatic rings. The number of anilines is 2. The zero-order chi connectivity index (χ0) is 22.4. The van der Waals surface area contributed by atoms with Crippen molar-refractivity contribution >= 4 is 28.3 Å². The number of benzene rings is 2. The minimum Gasteiger partial charge on any atom is -0.443 e. The van der Waals surface area contributed by atoms with Crippen LogP contribution in [-0.4, -0.2) is 20.7 Å². The smallest absolute Gasteiger partial charge is 0.187 e. The van der Waals surface area contributed by atoms with Crippen molar-refractivity contribution in [1.29, 1.82) is 5.41 Å². The second-order valence-corrected chi connectivity index (χ2v) is 8.42. The quantitative estimate of drug-likeness (QED) is 0.421. The standard InChI is InChI=1S/C25H24FN5O/c1-14(2)25-19-10-16(5-8-21(19)30-31(25)3)18-12-24(28-13-20(18)26)29-17-7-4-15-6-9-23(27)32-22(15)11-17/h4-5,7-8,10-14,27H,6,9H2,1-3H3,(H,28,29). The Morgan fingerprint density at radius 3 is 2.78 bits per heavy atom. The van der Waals surface area contributed by atoms with Gasteiger partial charge in [-0.1, -0.05) is 26.0 Å². The maximum Gasteiger partial charge on any atom is 0.187 e. The normalized spacial score (nSPS) is 13.3. The molecule has 4 aromatic rings. The first-order chi connectivity index (χ1) is 15.4. The van der Waals surface area contributed by atoms with Gasteiger partial charge in [0.05, 0.1) is 11.7 Å². The Labute approximate surface area is 185 Å². The van der Waals surface area contributed by atoms with Crippen molar-refractivity contribution in [2.45, 2.75) is 32.6 Å². The SMILES string of the molecule is CC(C)c1c2cc(-c3cc(Nc4ccc5c(c4)OC(=N)CC5)ncc3F)ccc2nn1C. The number of pyridine rings is 1.